The number of sulfonamides is 3. The molecule has 6 aromatic carbocycles. The Labute approximate surface area is 657 Å². The number of piperazine rings is 3. The number of benzene rings is 6. The maximum absolute atomic E-state index is 13.6. The zero-order valence-corrected chi connectivity index (χ0v) is 65.8. The summed E-state index contributed by atoms with van der Waals surface area (Å²) in [5, 5.41) is 10.3. The molecular formula is C76H91ClFN15O12S5. The van der Waals surface area contributed by atoms with E-state index in [-0.39, 0.29) is 94.0 Å². The highest BCUT2D eigenvalue weighted by Gasteiger charge is 2.34. The SMILES string of the molecule is COc1ccc2c(ccn2CC(=O)N2CCN(c3ccc(S(=O)(=O)Nc4nccs4)cc3)C(=O)C2)c1.Cc1cc2cc(F)ccc2n1CC(=O)N1CCN(c2ccc(S(=O)(=O)Nc3nccs3)cc2)C[C@H]1C.Cc1noc(NS(=O)(=O)c2ccc(N3CCN(C(=O)[C@@H](C)N4CCCc5cc(Cl)ccc54)CC3)cc2)c1C.[HH].[HH].[HH].[HH].[HH]. The van der Waals surface area contributed by atoms with Crippen LogP contribution >= 0.6 is 34.3 Å². The van der Waals surface area contributed by atoms with E-state index in [1.165, 1.54) is 58.7 Å². The summed E-state index contributed by atoms with van der Waals surface area (Å²) in [7, 11) is -9.68. The maximum atomic E-state index is 13.6. The average Bonchev–Trinajstić information content (AvgIpc) is 1.59. The van der Waals surface area contributed by atoms with E-state index in [4.69, 9.17) is 20.9 Å². The van der Waals surface area contributed by atoms with Gasteiger partial charge in [0, 0.05) is 169 Å². The molecule has 11 aromatic rings. The summed E-state index contributed by atoms with van der Waals surface area (Å²) in [6, 6.07) is 39.3. The first-order chi connectivity index (χ1) is 52.7. The van der Waals surface area contributed by atoms with E-state index in [2.05, 4.69) is 44.0 Å². The minimum Gasteiger partial charge on any atom is -0.497 e. The van der Waals surface area contributed by atoms with Crippen molar-refractivity contribution in [3.63, 3.8) is 0 Å². The number of carbonyl (C=O) groups is 4. The minimum atomic E-state index is -3.80. The normalized spacial score (nSPS) is 15.9. The second-order valence-electron chi connectivity index (χ2n) is 26.9. The van der Waals surface area contributed by atoms with Crippen molar-refractivity contribution >= 4 is 149 Å². The number of rotatable bonds is 19. The summed E-state index contributed by atoms with van der Waals surface area (Å²) in [5.74, 6) is 0.337. The Morgan fingerprint density at radius 3 is 1.85 bits per heavy atom. The molecule has 4 aliphatic rings. The minimum absolute atomic E-state index is 0. The Hall–Kier alpha value is -10.6. The molecule has 110 heavy (non-hydrogen) atoms. The van der Waals surface area contributed by atoms with E-state index in [0.717, 1.165) is 74.7 Å². The van der Waals surface area contributed by atoms with Crippen molar-refractivity contribution in [2.75, 3.05) is 113 Å². The summed E-state index contributed by atoms with van der Waals surface area (Å²) in [6.07, 6.45) is 6.87. The Kier molecular flexibility index (Phi) is 23.2. The van der Waals surface area contributed by atoms with E-state index >= 15 is 0 Å². The quantitative estimate of drug-likeness (QED) is 0.0677. The van der Waals surface area contributed by atoms with Gasteiger partial charge in [0.05, 0.1) is 27.5 Å². The first kappa shape index (κ1) is 77.6. The van der Waals surface area contributed by atoms with E-state index in [1.54, 1.807) is 114 Å². The van der Waals surface area contributed by atoms with Gasteiger partial charge in [-0.1, -0.05) is 16.8 Å². The van der Waals surface area contributed by atoms with Crippen LogP contribution in [-0.2, 0) is 68.8 Å². The molecule has 34 heteroatoms. The number of methoxy groups -OCH3 is 1. The fourth-order valence-corrected chi connectivity index (χ4v) is 18.7. The number of anilines is 7. The van der Waals surface area contributed by atoms with Gasteiger partial charge in [0.25, 0.3) is 30.1 Å². The van der Waals surface area contributed by atoms with Crippen molar-refractivity contribution in [3.8, 4) is 5.75 Å². The van der Waals surface area contributed by atoms with Crippen LogP contribution < -0.4 is 38.5 Å². The van der Waals surface area contributed by atoms with Crippen molar-refractivity contribution in [1.29, 1.82) is 0 Å². The molecule has 0 radical (unpaired) electrons. The lowest BCUT2D eigenvalue weighted by molar-refractivity contribution is -0.137. The van der Waals surface area contributed by atoms with Gasteiger partial charge in [-0.05, 0) is 193 Å². The van der Waals surface area contributed by atoms with E-state index in [1.807, 2.05) is 94.4 Å². The number of carbonyl (C=O) groups excluding carboxylic acids is 4. The molecule has 0 spiro atoms. The zero-order valence-electron chi connectivity index (χ0n) is 61.0. The number of halogens is 2. The smallest absolute Gasteiger partial charge is 0.264 e. The van der Waals surface area contributed by atoms with Gasteiger partial charge in [-0.2, -0.15) is 0 Å². The summed E-state index contributed by atoms with van der Waals surface area (Å²) >= 11 is 8.59. The van der Waals surface area contributed by atoms with Gasteiger partial charge in [-0.3, -0.25) is 28.6 Å². The molecule has 15 rings (SSSR count). The molecule has 0 aliphatic carbocycles. The van der Waals surface area contributed by atoms with Crippen LogP contribution in [0.2, 0.25) is 5.02 Å². The number of thiazole rings is 2. The van der Waals surface area contributed by atoms with Crippen LogP contribution in [0.3, 0.4) is 0 Å². The van der Waals surface area contributed by atoms with Crippen LogP contribution in [-0.4, -0.2) is 179 Å². The van der Waals surface area contributed by atoms with Crippen LogP contribution in [0.1, 0.15) is 49.9 Å². The number of hydrogen-bond acceptors (Lipinski definition) is 20. The molecule has 586 valence electrons. The highest BCUT2D eigenvalue weighted by molar-refractivity contribution is 7.93. The molecule has 4 amide bonds. The van der Waals surface area contributed by atoms with Gasteiger partial charge in [-0.15, -0.1) is 22.7 Å². The molecule has 9 heterocycles. The molecule has 0 unspecified atom stereocenters. The Balaban J connectivity index is 0.000000211. The number of amides is 4. The van der Waals surface area contributed by atoms with Gasteiger partial charge >= 0.3 is 0 Å². The fraction of sp³-hybridized carbons (Fsp3) is 0.303. The summed E-state index contributed by atoms with van der Waals surface area (Å²) in [5.41, 5.74) is 8.63. The number of aromatic nitrogens is 5. The third-order valence-electron chi connectivity index (χ3n) is 20.0. The second-order valence-corrected chi connectivity index (χ2v) is 34.2. The number of nitrogens with zero attached hydrogens (tertiary/aromatic N) is 12. The predicted molar refractivity (Wildman–Crippen MR) is 435 cm³/mol. The lowest BCUT2D eigenvalue weighted by Crippen LogP contribution is -2.55. The van der Waals surface area contributed by atoms with Crippen molar-refractivity contribution in [3.05, 3.63) is 202 Å². The molecule has 2 atom stereocenters. The zero-order chi connectivity index (χ0) is 77.8. The largest absolute Gasteiger partial charge is 0.497 e. The van der Waals surface area contributed by atoms with Crippen LogP contribution in [0.25, 0.3) is 21.8 Å². The van der Waals surface area contributed by atoms with Gasteiger partial charge in [0.15, 0.2) is 10.3 Å². The number of nitrogens with one attached hydrogen (secondary N) is 3. The summed E-state index contributed by atoms with van der Waals surface area (Å²) < 4.78 is 111. The Morgan fingerprint density at radius 2 is 1.25 bits per heavy atom. The van der Waals surface area contributed by atoms with Crippen LogP contribution in [0.15, 0.2) is 188 Å². The summed E-state index contributed by atoms with van der Waals surface area (Å²) in [4.78, 5) is 74.1. The lowest BCUT2D eigenvalue weighted by atomic mass is 10.00. The van der Waals surface area contributed by atoms with Crippen LogP contribution in [0, 0.1) is 26.6 Å². The van der Waals surface area contributed by atoms with Gasteiger partial charge < -0.3 is 52.7 Å². The number of hydrogen-bond donors (Lipinski definition) is 3. The third-order valence-corrected chi connectivity index (χ3v) is 25.9. The maximum Gasteiger partial charge on any atom is 0.264 e. The molecular weight excluding hydrogens is 1530 g/mol. The highest BCUT2D eigenvalue weighted by Crippen LogP contribution is 2.34. The molecule has 3 fully saturated rings. The third kappa shape index (κ3) is 17.5. The number of ether oxygens (including phenoxy) is 1. The predicted octanol–water partition coefficient (Wildman–Crippen LogP) is 12.3. The van der Waals surface area contributed by atoms with E-state index < -0.39 is 30.1 Å². The Morgan fingerprint density at radius 1 is 0.655 bits per heavy atom. The van der Waals surface area contributed by atoms with E-state index in [0.29, 0.717) is 81.0 Å². The van der Waals surface area contributed by atoms with Crippen LogP contribution in [0.5, 0.6) is 5.75 Å². The topological polar surface area (TPSA) is 300 Å². The average molecular weight is 1620 g/mol. The highest BCUT2D eigenvalue weighted by atomic mass is 35.5. The second kappa shape index (κ2) is 32.9. The van der Waals surface area contributed by atoms with Crippen molar-refractivity contribution in [2.45, 2.75) is 87.3 Å². The molecule has 3 N–H and O–H groups in total. The monoisotopic (exact) mass is 1620 g/mol. The van der Waals surface area contributed by atoms with Crippen molar-refractivity contribution < 1.29 is 65.2 Å². The molecule has 0 bridgehead atoms. The number of aryl methyl sites for hydroxylation is 3. The summed E-state index contributed by atoms with van der Waals surface area (Å²) in [6.45, 7) is 15.6. The van der Waals surface area contributed by atoms with Crippen molar-refractivity contribution in [1.82, 2.24) is 39.0 Å². The lowest BCUT2D eigenvalue weighted by Gasteiger charge is -2.41. The first-order valence-corrected chi connectivity index (χ1v) is 42.0. The fourth-order valence-electron chi connectivity index (χ4n) is 13.9. The van der Waals surface area contributed by atoms with E-state index in [9.17, 15) is 48.8 Å². The van der Waals surface area contributed by atoms with Gasteiger partial charge in [0.2, 0.25) is 29.5 Å². The first-order valence-electron chi connectivity index (χ1n) is 35.4. The standard InChI is InChI=1S/C27H32ClN5O4S.C25H26FN5O3S2.C24H23N5O5S2.5H2/c1-18-19(2)29-37-26(18)30-38(35,36)24-9-7-23(8-10-24)31-13-15-32(16-14-31)27(34)20(3)33-12-4-5-21-17-22(28)6-11-25(21)33;1-17-13-19-14-20(26)3-8-23(19)31(17)16-24(32)30-11-10-29(15-18(30)2)21-4-6-22(7-5-21)36(33,34)28-25-27-9-12-35-25;1-34-19-4-7-21-17(14-19)8-10-27(21)15-22(30)28-11-12-29(23(31)16-28)18-2-5-20(6-3-18)36(32,33)26-24-25-9-13-35-24;;;;;/h6-11,17,20,30H,4-5,12-16H2,1-3H3;3-9,12-14,18H,10-11,15-16H2,1-2H3,(H,27,28);2-10,13-14H,11-12,15-16H2,1H3,(H,25,26);5*1H/t20-;18-;;;;;;/m11....../s1. The molecule has 0 saturated carbocycles. The molecule has 5 aromatic heterocycles. The van der Waals surface area contributed by atoms with Crippen LogP contribution in [0.4, 0.5) is 43.3 Å². The van der Waals surface area contributed by atoms with Gasteiger partial charge in [-0.25, -0.2) is 44.3 Å². The molecule has 3 saturated heterocycles. The molecule has 4 aliphatic heterocycles. The Bertz CT molecular complexity index is 5560. The van der Waals surface area contributed by atoms with Gasteiger partial charge in [0.1, 0.15) is 37.2 Å². The molecule has 27 nitrogen and oxygen atoms in total. The number of fused-ring (bicyclic) bond motifs is 3. The van der Waals surface area contributed by atoms with Crippen molar-refractivity contribution in [2.24, 2.45) is 0 Å².